The van der Waals surface area contributed by atoms with Crippen LogP contribution < -0.4 is 0 Å². The number of carbonyl (C=O) groups is 1. The second-order valence-electron chi connectivity index (χ2n) is 4.50. The molecule has 0 aliphatic heterocycles. The molecule has 0 saturated carbocycles. The summed E-state index contributed by atoms with van der Waals surface area (Å²) in [5.74, 6) is -5.59. The molecule has 1 aromatic carbocycles. The van der Waals surface area contributed by atoms with Gasteiger partial charge in [-0.15, -0.1) is 0 Å². The molecule has 7 heteroatoms. The molecule has 0 heterocycles. The summed E-state index contributed by atoms with van der Waals surface area (Å²) in [6.45, 7) is 1.07. The Bertz CT molecular complexity index is 434. The van der Waals surface area contributed by atoms with Crippen LogP contribution in [-0.2, 0) is 0 Å². The molecular weight excluding hydrogens is 286 g/mol. The van der Waals surface area contributed by atoms with Gasteiger partial charge in [0.05, 0.1) is 0 Å². The second kappa shape index (κ2) is 5.85. The van der Waals surface area contributed by atoms with E-state index in [1.54, 1.807) is 6.07 Å². The van der Waals surface area contributed by atoms with Crippen LogP contribution in [0.4, 0.5) is 26.3 Å². The van der Waals surface area contributed by atoms with Gasteiger partial charge in [-0.3, -0.25) is 4.79 Å². The third-order valence-corrected chi connectivity index (χ3v) is 2.89. The molecule has 0 fully saturated rings. The monoisotopic (exact) mass is 298 g/mol. The van der Waals surface area contributed by atoms with Gasteiger partial charge >= 0.3 is 12.4 Å². The van der Waals surface area contributed by atoms with Gasteiger partial charge < -0.3 is 0 Å². The highest BCUT2D eigenvalue weighted by Gasteiger charge is 2.56. The number of carbonyl (C=O) groups excluding carboxylic acids is 1. The molecule has 0 bridgehead atoms. The van der Waals surface area contributed by atoms with Crippen molar-refractivity contribution in [3.05, 3.63) is 35.9 Å². The molecule has 1 nitrogen and oxygen atoms in total. The van der Waals surface area contributed by atoms with E-state index in [0.717, 1.165) is 6.92 Å². The van der Waals surface area contributed by atoms with E-state index < -0.39 is 36.4 Å². The number of hydrogen-bond donors (Lipinski definition) is 0. The fraction of sp³-hybridized carbons (Fsp3) is 0.462. The standard InChI is InChI=1S/C13H12F6O/c1-8(11(20)9-5-3-2-4-6-9)7-10(12(14,15)16)13(17,18)19/h2-6,8,10H,7H2,1H3. The van der Waals surface area contributed by atoms with Gasteiger partial charge in [0.25, 0.3) is 0 Å². The van der Waals surface area contributed by atoms with Gasteiger partial charge in [-0.25, -0.2) is 0 Å². The minimum absolute atomic E-state index is 0.100. The zero-order valence-electron chi connectivity index (χ0n) is 10.4. The Labute approximate surface area is 111 Å². The van der Waals surface area contributed by atoms with E-state index in [1.165, 1.54) is 24.3 Å². The molecule has 0 aliphatic carbocycles. The van der Waals surface area contributed by atoms with Crippen molar-refractivity contribution in [2.45, 2.75) is 25.7 Å². The van der Waals surface area contributed by atoms with E-state index in [0.29, 0.717) is 0 Å². The van der Waals surface area contributed by atoms with Gasteiger partial charge in [0.1, 0.15) is 0 Å². The molecule has 0 amide bonds. The number of halogens is 6. The number of alkyl halides is 6. The molecule has 1 atom stereocenters. The molecule has 0 N–H and O–H groups in total. The van der Waals surface area contributed by atoms with Crippen LogP contribution in [0.2, 0.25) is 0 Å². The molecule has 0 aromatic heterocycles. The summed E-state index contributed by atoms with van der Waals surface area (Å²) in [5.41, 5.74) is 0.100. The highest BCUT2D eigenvalue weighted by Crippen LogP contribution is 2.43. The molecule has 20 heavy (non-hydrogen) atoms. The molecule has 1 rings (SSSR count). The van der Waals surface area contributed by atoms with Crippen LogP contribution in [0.5, 0.6) is 0 Å². The Morgan fingerprint density at radius 1 is 1.00 bits per heavy atom. The third kappa shape index (κ3) is 4.25. The molecule has 112 valence electrons. The van der Waals surface area contributed by atoms with Gasteiger partial charge in [-0.2, -0.15) is 26.3 Å². The number of ketones is 1. The summed E-state index contributed by atoms with van der Waals surface area (Å²) < 4.78 is 74.5. The summed E-state index contributed by atoms with van der Waals surface area (Å²) in [4.78, 5) is 11.8. The highest BCUT2D eigenvalue weighted by molar-refractivity contribution is 5.97. The Kier molecular flexibility index (Phi) is 4.83. The van der Waals surface area contributed by atoms with Gasteiger partial charge in [0.15, 0.2) is 11.7 Å². The maximum absolute atomic E-state index is 12.4. The van der Waals surface area contributed by atoms with Gasteiger partial charge in [0.2, 0.25) is 0 Å². The fourth-order valence-electron chi connectivity index (χ4n) is 1.80. The Balaban J connectivity index is 2.87. The molecule has 0 radical (unpaired) electrons. The highest BCUT2D eigenvalue weighted by atomic mass is 19.4. The van der Waals surface area contributed by atoms with Crippen molar-refractivity contribution >= 4 is 5.78 Å². The van der Waals surface area contributed by atoms with Crippen LogP contribution in [0.3, 0.4) is 0 Å². The number of hydrogen-bond acceptors (Lipinski definition) is 1. The van der Waals surface area contributed by atoms with Crippen molar-refractivity contribution < 1.29 is 31.1 Å². The van der Waals surface area contributed by atoms with Crippen molar-refractivity contribution in [3.8, 4) is 0 Å². The quantitative estimate of drug-likeness (QED) is 0.585. The Morgan fingerprint density at radius 3 is 1.85 bits per heavy atom. The minimum atomic E-state index is -5.41. The first-order valence-electron chi connectivity index (χ1n) is 5.76. The van der Waals surface area contributed by atoms with Crippen LogP contribution in [-0.4, -0.2) is 18.1 Å². The van der Waals surface area contributed by atoms with E-state index >= 15 is 0 Å². The maximum Gasteiger partial charge on any atom is 0.400 e. The van der Waals surface area contributed by atoms with Gasteiger partial charge in [-0.1, -0.05) is 37.3 Å². The lowest BCUT2D eigenvalue weighted by atomic mass is 9.89. The van der Waals surface area contributed by atoms with Gasteiger partial charge in [-0.05, 0) is 6.42 Å². The van der Waals surface area contributed by atoms with Crippen molar-refractivity contribution in [1.82, 2.24) is 0 Å². The number of rotatable bonds is 4. The van der Waals surface area contributed by atoms with Crippen LogP contribution in [0, 0.1) is 11.8 Å². The first-order chi connectivity index (χ1) is 9.03. The zero-order chi connectivity index (χ0) is 15.6. The van der Waals surface area contributed by atoms with Gasteiger partial charge in [0, 0.05) is 11.5 Å². The summed E-state index contributed by atoms with van der Waals surface area (Å²) in [6.07, 6.45) is -12.1. The summed E-state index contributed by atoms with van der Waals surface area (Å²) >= 11 is 0. The molecule has 1 unspecified atom stereocenters. The third-order valence-electron chi connectivity index (χ3n) is 2.89. The Hall–Kier alpha value is -1.53. The lowest BCUT2D eigenvalue weighted by Crippen LogP contribution is -2.38. The second-order valence-corrected chi connectivity index (χ2v) is 4.50. The first-order valence-corrected chi connectivity index (χ1v) is 5.76. The fourth-order valence-corrected chi connectivity index (χ4v) is 1.80. The predicted octanol–water partition coefficient (Wildman–Crippen LogP) is 4.64. The predicted molar refractivity (Wildman–Crippen MR) is 60.2 cm³/mol. The van der Waals surface area contributed by atoms with E-state index in [-0.39, 0.29) is 5.56 Å². The topological polar surface area (TPSA) is 17.1 Å². The average molecular weight is 298 g/mol. The zero-order valence-corrected chi connectivity index (χ0v) is 10.4. The van der Waals surface area contributed by atoms with E-state index in [2.05, 4.69) is 0 Å². The number of Topliss-reactive ketones (excluding diaryl/α,β-unsaturated/α-hetero) is 1. The Morgan fingerprint density at radius 2 is 1.45 bits per heavy atom. The summed E-state index contributed by atoms with van der Waals surface area (Å²) in [7, 11) is 0. The van der Waals surface area contributed by atoms with Crippen LogP contribution in [0.15, 0.2) is 30.3 Å². The van der Waals surface area contributed by atoms with Crippen molar-refractivity contribution in [2.75, 3.05) is 0 Å². The molecule has 0 saturated heterocycles. The average Bonchev–Trinajstić information content (AvgIpc) is 2.33. The molecule has 0 spiro atoms. The molecule has 1 aromatic rings. The maximum atomic E-state index is 12.4. The molecule has 0 aliphatic rings. The van der Waals surface area contributed by atoms with Crippen LogP contribution >= 0.6 is 0 Å². The van der Waals surface area contributed by atoms with Crippen LogP contribution in [0.1, 0.15) is 23.7 Å². The SMILES string of the molecule is CC(CC(C(F)(F)F)C(F)(F)F)C(=O)c1ccccc1. The van der Waals surface area contributed by atoms with E-state index in [9.17, 15) is 31.1 Å². The number of benzene rings is 1. The van der Waals surface area contributed by atoms with E-state index in [4.69, 9.17) is 0 Å². The first kappa shape index (κ1) is 16.5. The normalized spacial score (nSPS) is 14.4. The summed E-state index contributed by atoms with van der Waals surface area (Å²) in [5, 5.41) is 0. The lowest BCUT2D eigenvalue weighted by Gasteiger charge is -2.25. The van der Waals surface area contributed by atoms with Crippen LogP contribution in [0.25, 0.3) is 0 Å². The van der Waals surface area contributed by atoms with Crippen molar-refractivity contribution in [1.29, 1.82) is 0 Å². The molecular formula is C13H12F6O. The summed E-state index contributed by atoms with van der Waals surface area (Å²) in [6, 6.07) is 7.29. The van der Waals surface area contributed by atoms with Crippen molar-refractivity contribution in [2.24, 2.45) is 11.8 Å². The van der Waals surface area contributed by atoms with Crippen molar-refractivity contribution in [3.63, 3.8) is 0 Å². The largest absolute Gasteiger partial charge is 0.400 e. The minimum Gasteiger partial charge on any atom is -0.294 e. The smallest absolute Gasteiger partial charge is 0.294 e. The van der Waals surface area contributed by atoms with E-state index in [1.807, 2.05) is 0 Å². The lowest BCUT2D eigenvalue weighted by molar-refractivity contribution is -0.287.